The molecule has 0 amide bonds. The van der Waals surface area contributed by atoms with Crippen LogP contribution in [0.3, 0.4) is 0 Å². The van der Waals surface area contributed by atoms with Gasteiger partial charge in [0.15, 0.2) is 0 Å². The Morgan fingerprint density at radius 3 is 2.62 bits per heavy atom. The SMILES string of the molecule is O=C(O)C1CC(O)(Cc2ccccc2Cl)C1. The van der Waals surface area contributed by atoms with Crippen LogP contribution in [-0.4, -0.2) is 21.8 Å². The van der Waals surface area contributed by atoms with Crippen molar-refractivity contribution < 1.29 is 15.0 Å². The van der Waals surface area contributed by atoms with E-state index in [2.05, 4.69) is 0 Å². The Labute approximate surface area is 98.7 Å². The fraction of sp³-hybridized carbons (Fsp3) is 0.417. The van der Waals surface area contributed by atoms with Crippen molar-refractivity contribution in [2.75, 3.05) is 0 Å². The molecule has 1 saturated carbocycles. The number of benzene rings is 1. The Balaban J connectivity index is 2.02. The highest BCUT2D eigenvalue weighted by atomic mass is 35.5. The number of aliphatic carboxylic acids is 1. The maximum absolute atomic E-state index is 10.7. The van der Waals surface area contributed by atoms with Gasteiger partial charge in [0.05, 0.1) is 11.5 Å². The van der Waals surface area contributed by atoms with Gasteiger partial charge in [0.1, 0.15) is 0 Å². The summed E-state index contributed by atoms with van der Waals surface area (Å²) in [6, 6.07) is 7.32. The van der Waals surface area contributed by atoms with E-state index in [1.807, 2.05) is 18.2 Å². The van der Waals surface area contributed by atoms with Gasteiger partial charge in [-0.25, -0.2) is 0 Å². The summed E-state index contributed by atoms with van der Waals surface area (Å²) in [5, 5.41) is 19.5. The second-order valence-electron chi connectivity index (χ2n) is 4.44. The molecule has 1 aromatic rings. The first-order chi connectivity index (χ1) is 7.50. The van der Waals surface area contributed by atoms with Crippen LogP contribution in [0.25, 0.3) is 0 Å². The van der Waals surface area contributed by atoms with Gasteiger partial charge in [-0.2, -0.15) is 0 Å². The Kier molecular flexibility index (Phi) is 2.91. The molecular weight excluding hydrogens is 228 g/mol. The van der Waals surface area contributed by atoms with Gasteiger partial charge in [-0.1, -0.05) is 29.8 Å². The van der Waals surface area contributed by atoms with E-state index in [-0.39, 0.29) is 0 Å². The van der Waals surface area contributed by atoms with Crippen molar-refractivity contribution >= 4 is 17.6 Å². The molecule has 0 bridgehead atoms. The Hall–Kier alpha value is -1.06. The molecule has 0 heterocycles. The third-order valence-electron chi connectivity index (χ3n) is 3.08. The summed E-state index contributed by atoms with van der Waals surface area (Å²) in [4.78, 5) is 10.7. The average Bonchev–Trinajstić information content (AvgIpc) is 2.17. The van der Waals surface area contributed by atoms with Gasteiger partial charge >= 0.3 is 5.97 Å². The Morgan fingerprint density at radius 2 is 2.06 bits per heavy atom. The van der Waals surface area contributed by atoms with Crippen LogP contribution in [0.15, 0.2) is 24.3 Å². The molecule has 4 heteroatoms. The highest BCUT2D eigenvalue weighted by Gasteiger charge is 2.46. The van der Waals surface area contributed by atoms with Gasteiger partial charge in [-0.05, 0) is 24.5 Å². The standard InChI is InChI=1S/C12H13ClO3/c13-10-4-2-1-3-8(10)5-12(16)6-9(7-12)11(14)15/h1-4,9,16H,5-7H2,(H,14,15). The molecule has 0 aliphatic heterocycles. The number of halogens is 1. The fourth-order valence-electron chi connectivity index (χ4n) is 2.17. The number of carboxylic acid groups (broad SMARTS) is 1. The minimum atomic E-state index is -0.895. The van der Waals surface area contributed by atoms with E-state index >= 15 is 0 Å². The van der Waals surface area contributed by atoms with E-state index in [0.29, 0.717) is 24.3 Å². The molecule has 0 unspecified atom stereocenters. The maximum Gasteiger partial charge on any atom is 0.306 e. The van der Waals surface area contributed by atoms with Crippen molar-refractivity contribution in [3.63, 3.8) is 0 Å². The highest BCUT2D eigenvalue weighted by Crippen LogP contribution is 2.41. The summed E-state index contributed by atoms with van der Waals surface area (Å²) in [6.45, 7) is 0. The van der Waals surface area contributed by atoms with E-state index in [0.717, 1.165) is 5.56 Å². The summed E-state index contributed by atoms with van der Waals surface area (Å²) >= 11 is 5.98. The normalized spacial score (nSPS) is 28.5. The number of hydrogen-bond donors (Lipinski definition) is 2. The zero-order valence-electron chi connectivity index (χ0n) is 8.69. The van der Waals surface area contributed by atoms with E-state index < -0.39 is 17.5 Å². The molecule has 1 aliphatic carbocycles. The molecule has 2 N–H and O–H groups in total. The van der Waals surface area contributed by atoms with E-state index in [9.17, 15) is 9.90 Å². The lowest BCUT2D eigenvalue weighted by Gasteiger charge is -2.41. The van der Waals surface area contributed by atoms with Crippen molar-refractivity contribution in [1.29, 1.82) is 0 Å². The van der Waals surface area contributed by atoms with Crippen molar-refractivity contribution in [2.45, 2.75) is 24.9 Å². The lowest BCUT2D eigenvalue weighted by Crippen LogP contribution is -2.48. The summed E-state index contributed by atoms with van der Waals surface area (Å²) in [5.74, 6) is -1.24. The van der Waals surface area contributed by atoms with Crippen LogP contribution in [0, 0.1) is 5.92 Å². The smallest absolute Gasteiger partial charge is 0.306 e. The molecule has 1 aromatic carbocycles. The molecule has 0 radical (unpaired) electrons. The summed E-state index contributed by atoms with van der Waals surface area (Å²) in [7, 11) is 0. The quantitative estimate of drug-likeness (QED) is 0.851. The molecule has 2 rings (SSSR count). The van der Waals surface area contributed by atoms with Crippen molar-refractivity contribution in [1.82, 2.24) is 0 Å². The van der Waals surface area contributed by atoms with Crippen molar-refractivity contribution in [3.8, 4) is 0 Å². The molecule has 0 aromatic heterocycles. The number of carbonyl (C=O) groups is 1. The molecule has 0 saturated heterocycles. The fourth-order valence-corrected chi connectivity index (χ4v) is 2.38. The largest absolute Gasteiger partial charge is 0.481 e. The third-order valence-corrected chi connectivity index (χ3v) is 3.45. The molecule has 1 aliphatic rings. The second-order valence-corrected chi connectivity index (χ2v) is 4.84. The molecule has 16 heavy (non-hydrogen) atoms. The monoisotopic (exact) mass is 240 g/mol. The van der Waals surface area contributed by atoms with Crippen LogP contribution < -0.4 is 0 Å². The molecule has 86 valence electrons. The van der Waals surface area contributed by atoms with Gasteiger partial charge in [-0.3, -0.25) is 4.79 Å². The van der Waals surface area contributed by atoms with Crippen LogP contribution in [0.4, 0.5) is 0 Å². The van der Waals surface area contributed by atoms with Crippen molar-refractivity contribution in [3.05, 3.63) is 34.9 Å². The lowest BCUT2D eigenvalue weighted by molar-refractivity contribution is -0.158. The predicted molar refractivity (Wildman–Crippen MR) is 60.5 cm³/mol. The van der Waals surface area contributed by atoms with E-state index in [4.69, 9.17) is 16.7 Å². The molecule has 0 spiro atoms. The second kappa shape index (κ2) is 4.07. The molecular formula is C12H13ClO3. The predicted octanol–water partition coefficient (Wildman–Crippen LogP) is 2.11. The van der Waals surface area contributed by atoms with Crippen LogP contribution in [0.5, 0.6) is 0 Å². The molecule has 0 atom stereocenters. The van der Waals surface area contributed by atoms with E-state index in [1.54, 1.807) is 6.07 Å². The summed E-state index contributed by atoms with van der Waals surface area (Å²) < 4.78 is 0. The van der Waals surface area contributed by atoms with Gasteiger partial charge in [0, 0.05) is 11.4 Å². The average molecular weight is 241 g/mol. The highest BCUT2D eigenvalue weighted by molar-refractivity contribution is 6.31. The van der Waals surface area contributed by atoms with Crippen LogP contribution in [0.1, 0.15) is 18.4 Å². The van der Waals surface area contributed by atoms with E-state index in [1.165, 1.54) is 0 Å². The topological polar surface area (TPSA) is 57.5 Å². The van der Waals surface area contributed by atoms with Crippen LogP contribution in [-0.2, 0) is 11.2 Å². The van der Waals surface area contributed by atoms with Gasteiger partial charge in [0.25, 0.3) is 0 Å². The van der Waals surface area contributed by atoms with Crippen LogP contribution in [0.2, 0.25) is 5.02 Å². The lowest BCUT2D eigenvalue weighted by atomic mass is 9.68. The minimum Gasteiger partial charge on any atom is -0.481 e. The summed E-state index contributed by atoms with van der Waals surface area (Å²) in [5.41, 5.74) is -0.0240. The number of rotatable bonds is 3. The first-order valence-corrected chi connectivity index (χ1v) is 5.57. The number of aliphatic hydroxyl groups is 1. The van der Waals surface area contributed by atoms with Gasteiger partial charge in [-0.15, -0.1) is 0 Å². The Morgan fingerprint density at radius 1 is 1.44 bits per heavy atom. The maximum atomic E-state index is 10.7. The summed E-state index contributed by atoms with van der Waals surface area (Å²) in [6.07, 6.45) is 1.05. The first kappa shape index (κ1) is 11.4. The molecule has 1 fully saturated rings. The Bertz CT molecular complexity index is 410. The van der Waals surface area contributed by atoms with Crippen molar-refractivity contribution in [2.24, 2.45) is 5.92 Å². The zero-order chi connectivity index (χ0) is 11.8. The third kappa shape index (κ3) is 2.20. The van der Waals surface area contributed by atoms with Crippen LogP contribution >= 0.6 is 11.6 Å². The first-order valence-electron chi connectivity index (χ1n) is 5.19. The van der Waals surface area contributed by atoms with Gasteiger partial charge < -0.3 is 10.2 Å². The van der Waals surface area contributed by atoms with Gasteiger partial charge in [0.2, 0.25) is 0 Å². The zero-order valence-corrected chi connectivity index (χ0v) is 9.44. The number of carboxylic acids is 1. The number of hydrogen-bond acceptors (Lipinski definition) is 2. The minimum absolute atomic E-state index is 0.313. The molecule has 3 nitrogen and oxygen atoms in total.